The number of carbonyl (C=O) groups excluding carboxylic acids is 2. The van der Waals surface area contributed by atoms with E-state index < -0.39 is 73.5 Å². The summed E-state index contributed by atoms with van der Waals surface area (Å²) < 4.78 is 16.5. The van der Waals surface area contributed by atoms with Crippen molar-refractivity contribution in [2.75, 3.05) is 32.9 Å². The SMILES string of the molecule is C#CCOCCCCCCO[C@]1(C(=O)O)C[C@H](O)[C@@H](NC(=O)CN)[C@H]([C@H](O)[C@H](O)CNC(=O)Cc2ccc(Cl)cc2)O1. The Morgan fingerprint density at radius 3 is 2.43 bits per heavy atom. The van der Waals surface area contributed by atoms with E-state index in [-0.39, 0.29) is 19.6 Å². The van der Waals surface area contributed by atoms with Crippen LogP contribution in [0.4, 0.5) is 0 Å². The average Bonchev–Trinajstić information content (AvgIpc) is 2.96. The first-order valence-corrected chi connectivity index (χ1v) is 14.0. The van der Waals surface area contributed by atoms with Gasteiger partial charge >= 0.3 is 5.97 Å². The number of nitrogens with one attached hydrogen (secondary N) is 2. The molecule has 2 amide bonds. The van der Waals surface area contributed by atoms with Gasteiger partial charge in [0.25, 0.3) is 5.79 Å². The van der Waals surface area contributed by atoms with E-state index in [1.165, 1.54) is 0 Å². The highest BCUT2D eigenvalue weighted by Crippen LogP contribution is 2.33. The number of halogens is 1. The molecule has 0 aromatic heterocycles. The number of amides is 2. The van der Waals surface area contributed by atoms with Gasteiger partial charge in [0.2, 0.25) is 11.8 Å². The van der Waals surface area contributed by atoms with Crippen LogP contribution in [0.15, 0.2) is 24.3 Å². The molecule has 1 heterocycles. The van der Waals surface area contributed by atoms with E-state index in [1.54, 1.807) is 24.3 Å². The molecule has 8 N–H and O–H groups in total. The fraction of sp³-hybridized carbons (Fsp3) is 0.607. The molecule has 0 radical (unpaired) electrons. The van der Waals surface area contributed by atoms with Crippen molar-refractivity contribution in [1.82, 2.24) is 10.6 Å². The molecule has 1 saturated heterocycles. The van der Waals surface area contributed by atoms with Crippen molar-refractivity contribution < 1.29 is 49.0 Å². The molecular weight excluding hydrogens is 574 g/mol. The highest BCUT2D eigenvalue weighted by Gasteiger charge is 2.55. The van der Waals surface area contributed by atoms with Gasteiger partial charge in [-0.05, 0) is 30.5 Å². The monoisotopic (exact) mass is 613 g/mol. The lowest BCUT2D eigenvalue weighted by atomic mass is 9.88. The Balaban J connectivity index is 2.05. The minimum Gasteiger partial charge on any atom is -0.477 e. The molecule has 0 spiro atoms. The Morgan fingerprint density at radius 1 is 1.14 bits per heavy atom. The van der Waals surface area contributed by atoms with Gasteiger partial charge in [-0.25, -0.2) is 4.79 Å². The fourth-order valence-corrected chi connectivity index (χ4v) is 4.52. The second kappa shape index (κ2) is 18.0. The third-order valence-corrected chi connectivity index (χ3v) is 6.88. The van der Waals surface area contributed by atoms with Gasteiger partial charge < -0.3 is 51.0 Å². The first kappa shape index (κ1) is 35.4. The zero-order chi connectivity index (χ0) is 31.1. The summed E-state index contributed by atoms with van der Waals surface area (Å²) in [5.74, 6) is -2.73. The van der Waals surface area contributed by atoms with E-state index in [2.05, 4.69) is 16.6 Å². The number of terminal acetylenes is 1. The van der Waals surface area contributed by atoms with Crippen LogP contribution in [-0.4, -0.2) is 107 Å². The maximum Gasteiger partial charge on any atom is 0.364 e. The van der Waals surface area contributed by atoms with Gasteiger partial charge in [0.1, 0.15) is 18.8 Å². The molecular formula is C28H40ClN3O10. The van der Waals surface area contributed by atoms with E-state index in [0.29, 0.717) is 30.0 Å². The van der Waals surface area contributed by atoms with Crippen LogP contribution in [0.1, 0.15) is 37.7 Å². The molecule has 1 fully saturated rings. The number of benzene rings is 1. The number of hydrogen-bond acceptors (Lipinski definition) is 10. The Labute approximate surface area is 249 Å². The van der Waals surface area contributed by atoms with Crippen LogP contribution < -0.4 is 16.4 Å². The summed E-state index contributed by atoms with van der Waals surface area (Å²) in [5, 5.41) is 47.9. The van der Waals surface area contributed by atoms with Crippen molar-refractivity contribution in [3.05, 3.63) is 34.9 Å². The molecule has 2 rings (SSSR count). The maximum absolute atomic E-state index is 12.4. The molecule has 1 aliphatic heterocycles. The van der Waals surface area contributed by atoms with E-state index in [0.717, 1.165) is 12.8 Å². The zero-order valence-corrected chi connectivity index (χ0v) is 24.0. The lowest BCUT2D eigenvalue weighted by molar-refractivity contribution is -0.310. The second-order valence-corrected chi connectivity index (χ2v) is 10.3. The van der Waals surface area contributed by atoms with Gasteiger partial charge in [0.15, 0.2) is 0 Å². The van der Waals surface area contributed by atoms with Crippen molar-refractivity contribution in [1.29, 1.82) is 0 Å². The molecule has 0 saturated carbocycles. The van der Waals surface area contributed by atoms with E-state index in [4.69, 9.17) is 38.0 Å². The highest BCUT2D eigenvalue weighted by molar-refractivity contribution is 6.30. The molecule has 234 valence electrons. The van der Waals surface area contributed by atoms with E-state index in [9.17, 15) is 34.8 Å². The largest absolute Gasteiger partial charge is 0.477 e. The first-order chi connectivity index (χ1) is 20.0. The number of carboxylic acid groups (broad SMARTS) is 1. The second-order valence-electron chi connectivity index (χ2n) is 9.89. The number of carbonyl (C=O) groups is 3. The number of rotatable bonds is 18. The molecule has 13 nitrogen and oxygen atoms in total. The summed E-state index contributed by atoms with van der Waals surface area (Å²) in [7, 11) is 0. The summed E-state index contributed by atoms with van der Waals surface area (Å²) in [5.41, 5.74) is 6.04. The quantitative estimate of drug-likeness (QED) is 0.0814. The number of carboxylic acids is 1. The topological polar surface area (TPSA) is 210 Å². The van der Waals surface area contributed by atoms with Crippen LogP contribution in [-0.2, 0) is 35.0 Å². The molecule has 0 bridgehead atoms. The highest BCUT2D eigenvalue weighted by atomic mass is 35.5. The Morgan fingerprint density at radius 2 is 1.81 bits per heavy atom. The Bertz CT molecular complexity index is 1050. The smallest absolute Gasteiger partial charge is 0.364 e. The number of aliphatic hydroxyl groups excluding tert-OH is 3. The summed E-state index contributed by atoms with van der Waals surface area (Å²) in [6.45, 7) is -0.208. The third kappa shape index (κ3) is 11.1. The van der Waals surface area contributed by atoms with Gasteiger partial charge in [-0.2, -0.15) is 0 Å². The van der Waals surface area contributed by atoms with Crippen LogP contribution in [0.2, 0.25) is 5.02 Å². The van der Waals surface area contributed by atoms with Crippen molar-refractivity contribution in [2.24, 2.45) is 5.73 Å². The number of nitrogens with two attached hydrogens (primary N) is 1. The molecule has 1 aromatic rings. The van der Waals surface area contributed by atoms with Crippen molar-refractivity contribution >= 4 is 29.4 Å². The van der Waals surface area contributed by atoms with Crippen molar-refractivity contribution in [2.45, 2.75) is 74.8 Å². The lowest BCUT2D eigenvalue weighted by Crippen LogP contribution is -2.68. The van der Waals surface area contributed by atoms with Crippen molar-refractivity contribution in [3.8, 4) is 12.3 Å². The maximum atomic E-state index is 12.4. The van der Waals surface area contributed by atoms with Gasteiger partial charge in [0.05, 0.1) is 37.8 Å². The predicted molar refractivity (Wildman–Crippen MR) is 151 cm³/mol. The van der Waals surface area contributed by atoms with Crippen LogP contribution in [0.25, 0.3) is 0 Å². The van der Waals surface area contributed by atoms with Crippen molar-refractivity contribution in [3.63, 3.8) is 0 Å². The van der Waals surface area contributed by atoms with Gasteiger partial charge in [-0.3, -0.25) is 9.59 Å². The van der Waals surface area contributed by atoms with E-state index in [1.807, 2.05) is 0 Å². The zero-order valence-electron chi connectivity index (χ0n) is 23.2. The van der Waals surface area contributed by atoms with Crippen LogP contribution in [0.5, 0.6) is 0 Å². The Kier molecular flexibility index (Phi) is 15.2. The van der Waals surface area contributed by atoms with Gasteiger partial charge in [0, 0.05) is 24.6 Å². The molecule has 1 aromatic carbocycles. The standard InChI is InChI=1S/C28H40ClN3O10/c1-2-11-40-12-5-3-4-6-13-41-28(27(38)39)15-20(33)24(32-23(36)16-30)26(42-28)25(37)21(34)17-31-22(35)14-18-7-9-19(29)10-8-18/h1,7-10,20-21,24-26,33-34,37H,3-6,11-17,30H2,(H,31,35)(H,32,36)(H,38,39)/t20-,21+,24+,25+,26+,28+/m0/s1. The summed E-state index contributed by atoms with van der Waals surface area (Å²) in [4.78, 5) is 36.7. The molecule has 14 heteroatoms. The molecule has 0 unspecified atom stereocenters. The van der Waals surface area contributed by atoms with Gasteiger partial charge in [-0.1, -0.05) is 42.5 Å². The van der Waals surface area contributed by atoms with E-state index >= 15 is 0 Å². The average molecular weight is 614 g/mol. The normalized spacial score (nSPS) is 23.4. The predicted octanol–water partition coefficient (Wildman–Crippen LogP) is -0.678. The summed E-state index contributed by atoms with van der Waals surface area (Å²) in [6.07, 6.45) is 0.488. The molecule has 0 aliphatic carbocycles. The summed E-state index contributed by atoms with van der Waals surface area (Å²) >= 11 is 5.85. The number of unbranched alkanes of at least 4 members (excludes halogenated alkanes) is 3. The molecule has 6 atom stereocenters. The molecule has 1 aliphatic rings. The molecule has 42 heavy (non-hydrogen) atoms. The summed E-state index contributed by atoms with van der Waals surface area (Å²) in [6, 6.07) is 5.24. The van der Waals surface area contributed by atoms with Gasteiger partial charge in [-0.15, -0.1) is 6.42 Å². The third-order valence-electron chi connectivity index (χ3n) is 6.63. The number of ether oxygens (including phenoxy) is 3. The minimum atomic E-state index is -2.37. The Hall–Kier alpha value is -2.80. The van der Waals surface area contributed by atoms with Crippen LogP contribution >= 0.6 is 11.6 Å². The van der Waals surface area contributed by atoms with Crippen LogP contribution in [0.3, 0.4) is 0 Å². The minimum absolute atomic E-state index is 0.0261. The number of aliphatic carboxylic acids is 1. The number of hydrogen-bond donors (Lipinski definition) is 7. The fourth-order valence-electron chi connectivity index (χ4n) is 4.40. The number of aliphatic hydroxyl groups is 3. The lowest BCUT2D eigenvalue weighted by Gasteiger charge is -2.46. The van der Waals surface area contributed by atoms with Crippen LogP contribution in [0, 0.1) is 12.3 Å². The first-order valence-electron chi connectivity index (χ1n) is 13.6.